The average molecular weight is 274 g/mol. The molecule has 4 nitrogen and oxygen atoms in total. The van der Waals surface area contributed by atoms with Crippen molar-refractivity contribution >= 4 is 0 Å². The fraction of sp³-hybridized carbons (Fsp3) is 0.438. The lowest BCUT2D eigenvalue weighted by Crippen LogP contribution is -2.01. The molecule has 0 saturated heterocycles. The molecule has 4 heteroatoms. The van der Waals surface area contributed by atoms with Crippen LogP contribution in [0.15, 0.2) is 24.3 Å². The Hall–Kier alpha value is -1.81. The van der Waals surface area contributed by atoms with Crippen LogP contribution in [-0.4, -0.2) is 28.6 Å². The monoisotopic (exact) mass is 274 g/mol. The molecule has 0 saturated carbocycles. The van der Waals surface area contributed by atoms with E-state index in [1.165, 1.54) is 5.56 Å². The van der Waals surface area contributed by atoms with Gasteiger partial charge in [0.15, 0.2) is 0 Å². The van der Waals surface area contributed by atoms with Crippen molar-refractivity contribution in [3.05, 3.63) is 41.1 Å². The molecule has 1 aromatic carbocycles. The van der Waals surface area contributed by atoms with Gasteiger partial charge >= 0.3 is 0 Å². The summed E-state index contributed by atoms with van der Waals surface area (Å²) in [5.41, 5.74) is 4.15. The van der Waals surface area contributed by atoms with Gasteiger partial charge in [-0.05, 0) is 25.0 Å². The third kappa shape index (κ3) is 2.70. The predicted molar refractivity (Wildman–Crippen MR) is 79.7 cm³/mol. The lowest BCUT2D eigenvalue weighted by molar-refractivity contribution is 0.295. The molecule has 20 heavy (non-hydrogen) atoms. The van der Waals surface area contributed by atoms with Gasteiger partial charge < -0.3 is 9.84 Å². The first kappa shape index (κ1) is 14.6. The van der Waals surface area contributed by atoms with Gasteiger partial charge in [-0.3, -0.25) is 0 Å². The van der Waals surface area contributed by atoms with Crippen molar-refractivity contribution in [2.24, 2.45) is 0 Å². The molecule has 0 atom stereocenters. The summed E-state index contributed by atoms with van der Waals surface area (Å²) in [5.74, 6) is 1.00. The molecule has 108 valence electrons. The van der Waals surface area contributed by atoms with Crippen LogP contribution in [0.2, 0.25) is 0 Å². The van der Waals surface area contributed by atoms with Gasteiger partial charge in [0.2, 0.25) is 5.88 Å². The summed E-state index contributed by atoms with van der Waals surface area (Å²) < 4.78 is 7.35. The molecular formula is C16H22N2O2. The van der Waals surface area contributed by atoms with E-state index in [1.54, 1.807) is 7.11 Å². The zero-order valence-corrected chi connectivity index (χ0v) is 12.6. The van der Waals surface area contributed by atoms with Crippen molar-refractivity contribution in [1.82, 2.24) is 9.78 Å². The van der Waals surface area contributed by atoms with Gasteiger partial charge in [-0.15, -0.1) is 0 Å². The maximum absolute atomic E-state index is 9.27. The fourth-order valence-corrected chi connectivity index (χ4v) is 2.33. The summed E-state index contributed by atoms with van der Waals surface area (Å²) in [5, 5.41) is 13.9. The van der Waals surface area contributed by atoms with Crippen LogP contribution in [0.5, 0.6) is 5.88 Å². The number of benzene rings is 1. The second-order valence-electron chi connectivity index (χ2n) is 5.25. The van der Waals surface area contributed by atoms with E-state index in [2.05, 4.69) is 38.0 Å². The van der Waals surface area contributed by atoms with E-state index in [1.807, 2.05) is 16.8 Å². The number of aryl methyl sites for hydroxylation is 1. The van der Waals surface area contributed by atoms with Crippen LogP contribution in [0.1, 0.15) is 36.6 Å². The first-order chi connectivity index (χ1) is 9.58. The standard InChI is InChI=1S/C16H22N2O2/c1-11(2)15-14(9-10-19)16(20-4)18(17-15)13-7-5-12(3)6-8-13/h5-8,11,19H,9-10H2,1-4H3. The van der Waals surface area contributed by atoms with E-state index in [9.17, 15) is 5.11 Å². The normalized spacial score (nSPS) is 11.1. The Bertz CT molecular complexity index is 571. The topological polar surface area (TPSA) is 47.3 Å². The van der Waals surface area contributed by atoms with Crippen molar-refractivity contribution in [2.45, 2.75) is 33.1 Å². The van der Waals surface area contributed by atoms with Crippen LogP contribution in [-0.2, 0) is 6.42 Å². The first-order valence-corrected chi connectivity index (χ1v) is 6.92. The van der Waals surface area contributed by atoms with Crippen molar-refractivity contribution < 1.29 is 9.84 Å². The fourth-order valence-electron chi connectivity index (χ4n) is 2.33. The number of nitrogens with zero attached hydrogens (tertiary/aromatic N) is 2. The maximum atomic E-state index is 9.27. The highest BCUT2D eigenvalue weighted by atomic mass is 16.5. The molecule has 1 heterocycles. The second-order valence-corrected chi connectivity index (χ2v) is 5.25. The van der Waals surface area contributed by atoms with Crippen molar-refractivity contribution in [3.8, 4) is 11.6 Å². The number of hydrogen-bond donors (Lipinski definition) is 1. The molecule has 2 aromatic rings. The summed E-state index contributed by atoms with van der Waals surface area (Å²) in [6.07, 6.45) is 0.558. The summed E-state index contributed by atoms with van der Waals surface area (Å²) in [6.45, 7) is 6.35. The van der Waals surface area contributed by atoms with Crippen LogP contribution in [0.25, 0.3) is 5.69 Å². The van der Waals surface area contributed by atoms with E-state index < -0.39 is 0 Å². The molecule has 0 aliphatic heterocycles. The quantitative estimate of drug-likeness (QED) is 0.912. The number of aromatic nitrogens is 2. The van der Waals surface area contributed by atoms with Crippen molar-refractivity contribution in [1.29, 1.82) is 0 Å². The molecular weight excluding hydrogens is 252 g/mol. The number of aliphatic hydroxyl groups excluding tert-OH is 1. The van der Waals surface area contributed by atoms with Gasteiger partial charge in [-0.25, -0.2) is 4.68 Å². The van der Waals surface area contributed by atoms with E-state index >= 15 is 0 Å². The highest BCUT2D eigenvalue weighted by Crippen LogP contribution is 2.30. The second kappa shape index (κ2) is 6.09. The summed E-state index contributed by atoms with van der Waals surface area (Å²) in [6, 6.07) is 8.16. The Morgan fingerprint density at radius 3 is 2.40 bits per heavy atom. The smallest absolute Gasteiger partial charge is 0.220 e. The van der Waals surface area contributed by atoms with Crippen LogP contribution in [0.3, 0.4) is 0 Å². The largest absolute Gasteiger partial charge is 0.481 e. The highest BCUT2D eigenvalue weighted by molar-refractivity contribution is 5.43. The van der Waals surface area contributed by atoms with Crippen molar-refractivity contribution in [2.75, 3.05) is 13.7 Å². The van der Waals surface area contributed by atoms with Gasteiger partial charge in [0.05, 0.1) is 18.5 Å². The Balaban J connectivity index is 2.57. The summed E-state index contributed by atoms with van der Waals surface area (Å²) in [4.78, 5) is 0. The van der Waals surface area contributed by atoms with Crippen LogP contribution < -0.4 is 4.74 Å². The Kier molecular flexibility index (Phi) is 4.45. The summed E-state index contributed by atoms with van der Waals surface area (Å²) >= 11 is 0. The molecule has 0 aliphatic carbocycles. The number of rotatable bonds is 5. The molecule has 0 amide bonds. The van der Waals surface area contributed by atoms with E-state index in [-0.39, 0.29) is 12.5 Å². The van der Waals surface area contributed by atoms with Gasteiger partial charge in [0, 0.05) is 18.6 Å². The first-order valence-electron chi connectivity index (χ1n) is 6.92. The Morgan fingerprint density at radius 2 is 1.90 bits per heavy atom. The maximum Gasteiger partial charge on any atom is 0.220 e. The van der Waals surface area contributed by atoms with Crippen LogP contribution in [0.4, 0.5) is 0 Å². The van der Waals surface area contributed by atoms with Crippen molar-refractivity contribution in [3.63, 3.8) is 0 Å². The number of ether oxygens (including phenoxy) is 1. The number of hydrogen-bond acceptors (Lipinski definition) is 3. The predicted octanol–water partition coefficient (Wildman–Crippen LogP) is 2.85. The van der Waals surface area contributed by atoms with Gasteiger partial charge in [-0.2, -0.15) is 5.10 Å². The Morgan fingerprint density at radius 1 is 1.25 bits per heavy atom. The zero-order valence-electron chi connectivity index (χ0n) is 12.6. The molecule has 0 fully saturated rings. The Labute approximate surface area is 120 Å². The SMILES string of the molecule is COc1c(CCO)c(C(C)C)nn1-c1ccc(C)cc1. The minimum absolute atomic E-state index is 0.0929. The van der Waals surface area contributed by atoms with E-state index in [0.717, 1.165) is 16.9 Å². The molecule has 1 aromatic heterocycles. The summed E-state index contributed by atoms with van der Waals surface area (Å²) in [7, 11) is 1.65. The minimum atomic E-state index is 0.0929. The highest BCUT2D eigenvalue weighted by Gasteiger charge is 2.21. The molecule has 0 aliphatic rings. The number of methoxy groups -OCH3 is 1. The third-order valence-corrected chi connectivity index (χ3v) is 3.35. The van der Waals surface area contributed by atoms with E-state index in [4.69, 9.17) is 4.74 Å². The van der Waals surface area contributed by atoms with Gasteiger partial charge in [0.1, 0.15) is 0 Å². The number of aliphatic hydroxyl groups is 1. The molecule has 0 bridgehead atoms. The lowest BCUT2D eigenvalue weighted by atomic mass is 10.0. The minimum Gasteiger partial charge on any atom is -0.481 e. The van der Waals surface area contributed by atoms with Crippen LogP contribution >= 0.6 is 0 Å². The molecule has 1 N–H and O–H groups in total. The molecule has 0 spiro atoms. The average Bonchev–Trinajstić information content (AvgIpc) is 2.79. The van der Waals surface area contributed by atoms with Crippen LogP contribution in [0, 0.1) is 6.92 Å². The molecule has 0 unspecified atom stereocenters. The molecule has 0 radical (unpaired) electrons. The zero-order chi connectivity index (χ0) is 14.7. The third-order valence-electron chi connectivity index (χ3n) is 3.35. The van der Waals surface area contributed by atoms with Gasteiger partial charge in [-0.1, -0.05) is 31.5 Å². The lowest BCUT2D eigenvalue weighted by Gasteiger charge is -2.08. The molecule has 2 rings (SSSR count). The van der Waals surface area contributed by atoms with E-state index in [0.29, 0.717) is 12.3 Å². The van der Waals surface area contributed by atoms with Gasteiger partial charge in [0.25, 0.3) is 0 Å².